The third-order valence-electron chi connectivity index (χ3n) is 3.43. The van der Waals surface area contributed by atoms with Gasteiger partial charge >= 0.3 is 5.97 Å². The van der Waals surface area contributed by atoms with Crippen LogP contribution in [0.4, 0.5) is 0 Å². The molecular formula is C12H21NO2. The van der Waals surface area contributed by atoms with E-state index in [1.807, 2.05) is 0 Å². The molecule has 2 saturated carbocycles. The Bertz CT molecular complexity index is 234. The van der Waals surface area contributed by atoms with E-state index in [1.165, 1.54) is 25.7 Å². The van der Waals surface area contributed by atoms with E-state index in [4.69, 9.17) is 0 Å². The van der Waals surface area contributed by atoms with Crippen molar-refractivity contribution in [3.05, 3.63) is 0 Å². The highest BCUT2D eigenvalue weighted by Gasteiger charge is 2.39. The van der Waals surface area contributed by atoms with Crippen molar-refractivity contribution < 1.29 is 9.90 Å². The van der Waals surface area contributed by atoms with Crippen molar-refractivity contribution in [2.45, 2.75) is 57.5 Å². The number of carboxylic acids is 1. The molecular weight excluding hydrogens is 190 g/mol. The monoisotopic (exact) mass is 211 g/mol. The molecule has 2 aliphatic carbocycles. The molecule has 0 heterocycles. The number of rotatable bonds is 7. The Balaban J connectivity index is 1.94. The molecule has 3 nitrogen and oxygen atoms in total. The maximum Gasteiger partial charge on any atom is 0.320 e. The lowest BCUT2D eigenvalue weighted by Crippen LogP contribution is -2.43. The molecule has 0 radical (unpaired) electrons. The third kappa shape index (κ3) is 2.94. The van der Waals surface area contributed by atoms with Gasteiger partial charge in [-0.2, -0.15) is 0 Å². The highest BCUT2D eigenvalue weighted by molar-refractivity contribution is 5.73. The van der Waals surface area contributed by atoms with Gasteiger partial charge in [0.1, 0.15) is 6.04 Å². The van der Waals surface area contributed by atoms with Crippen LogP contribution in [0.1, 0.15) is 45.4 Å². The molecule has 0 bridgehead atoms. The Morgan fingerprint density at radius 1 is 1.40 bits per heavy atom. The first kappa shape index (κ1) is 10.9. The van der Waals surface area contributed by atoms with Crippen LogP contribution in [0.15, 0.2) is 0 Å². The quantitative estimate of drug-likeness (QED) is 0.701. The molecule has 2 fully saturated rings. The van der Waals surface area contributed by atoms with Crippen molar-refractivity contribution in [1.29, 1.82) is 0 Å². The van der Waals surface area contributed by atoms with Crippen molar-refractivity contribution in [1.82, 2.24) is 4.90 Å². The van der Waals surface area contributed by atoms with Gasteiger partial charge in [0, 0.05) is 12.6 Å². The lowest BCUT2D eigenvalue weighted by molar-refractivity contribution is -0.144. The first-order chi connectivity index (χ1) is 7.22. The first-order valence-electron chi connectivity index (χ1n) is 6.21. The molecule has 0 saturated heterocycles. The predicted octanol–water partition coefficient (Wildman–Crippen LogP) is 2.11. The van der Waals surface area contributed by atoms with E-state index < -0.39 is 5.97 Å². The van der Waals surface area contributed by atoms with E-state index in [0.717, 1.165) is 25.3 Å². The van der Waals surface area contributed by atoms with Gasteiger partial charge in [-0.05, 0) is 38.0 Å². The van der Waals surface area contributed by atoms with Gasteiger partial charge in [-0.25, -0.2) is 0 Å². The smallest absolute Gasteiger partial charge is 0.320 e. The summed E-state index contributed by atoms with van der Waals surface area (Å²) in [5.41, 5.74) is 0. The van der Waals surface area contributed by atoms with Crippen LogP contribution in [0.2, 0.25) is 0 Å². The topological polar surface area (TPSA) is 40.5 Å². The van der Waals surface area contributed by atoms with Gasteiger partial charge in [0.15, 0.2) is 0 Å². The van der Waals surface area contributed by atoms with Crippen LogP contribution < -0.4 is 0 Å². The van der Waals surface area contributed by atoms with Crippen molar-refractivity contribution in [2.24, 2.45) is 5.92 Å². The van der Waals surface area contributed by atoms with Crippen LogP contribution in [0.3, 0.4) is 0 Å². The SMILES string of the molecule is CCCC(C(=O)O)N(CC1CC1)C1CC1. The Kier molecular flexibility index (Phi) is 3.29. The van der Waals surface area contributed by atoms with Gasteiger partial charge in [-0.15, -0.1) is 0 Å². The minimum Gasteiger partial charge on any atom is -0.480 e. The minimum atomic E-state index is -0.621. The molecule has 3 heteroatoms. The van der Waals surface area contributed by atoms with E-state index in [0.29, 0.717) is 6.04 Å². The zero-order chi connectivity index (χ0) is 10.8. The average Bonchev–Trinajstić information content (AvgIpc) is 3.00. The van der Waals surface area contributed by atoms with Crippen LogP contribution in [0.25, 0.3) is 0 Å². The summed E-state index contributed by atoms with van der Waals surface area (Å²) >= 11 is 0. The summed E-state index contributed by atoms with van der Waals surface area (Å²) in [6, 6.07) is 0.362. The Labute approximate surface area is 91.5 Å². The van der Waals surface area contributed by atoms with Crippen LogP contribution >= 0.6 is 0 Å². The van der Waals surface area contributed by atoms with Crippen molar-refractivity contribution in [2.75, 3.05) is 6.54 Å². The maximum absolute atomic E-state index is 11.2. The highest BCUT2D eigenvalue weighted by Crippen LogP contribution is 2.36. The molecule has 2 rings (SSSR count). The number of nitrogens with zero attached hydrogens (tertiary/aromatic N) is 1. The molecule has 1 atom stereocenters. The van der Waals surface area contributed by atoms with Crippen LogP contribution in [-0.4, -0.2) is 34.6 Å². The summed E-state index contributed by atoms with van der Waals surface area (Å²) in [7, 11) is 0. The fourth-order valence-corrected chi connectivity index (χ4v) is 2.24. The molecule has 2 aliphatic rings. The first-order valence-corrected chi connectivity index (χ1v) is 6.21. The highest BCUT2D eigenvalue weighted by atomic mass is 16.4. The number of aliphatic carboxylic acids is 1. The summed E-state index contributed by atoms with van der Waals surface area (Å²) in [6.45, 7) is 3.10. The van der Waals surface area contributed by atoms with Gasteiger partial charge in [-0.1, -0.05) is 13.3 Å². The predicted molar refractivity (Wildman–Crippen MR) is 58.8 cm³/mol. The molecule has 0 aromatic rings. The van der Waals surface area contributed by atoms with Gasteiger partial charge in [0.2, 0.25) is 0 Å². The zero-order valence-corrected chi connectivity index (χ0v) is 9.48. The lowest BCUT2D eigenvalue weighted by atomic mass is 10.1. The average molecular weight is 211 g/mol. The maximum atomic E-state index is 11.2. The number of carboxylic acid groups (broad SMARTS) is 1. The number of hydrogen-bond donors (Lipinski definition) is 1. The number of hydrogen-bond acceptors (Lipinski definition) is 2. The molecule has 0 spiro atoms. The Morgan fingerprint density at radius 3 is 2.47 bits per heavy atom. The summed E-state index contributed by atoms with van der Waals surface area (Å²) in [5.74, 6) is 0.175. The van der Waals surface area contributed by atoms with E-state index in [2.05, 4.69) is 11.8 Å². The zero-order valence-electron chi connectivity index (χ0n) is 9.48. The molecule has 0 aromatic heterocycles. The summed E-state index contributed by atoms with van der Waals surface area (Å²) < 4.78 is 0. The van der Waals surface area contributed by atoms with Gasteiger partial charge in [0.25, 0.3) is 0 Å². The molecule has 0 aliphatic heterocycles. The van der Waals surface area contributed by atoms with Gasteiger partial charge in [-0.3, -0.25) is 9.69 Å². The van der Waals surface area contributed by atoms with Crippen LogP contribution in [0.5, 0.6) is 0 Å². The molecule has 86 valence electrons. The largest absolute Gasteiger partial charge is 0.480 e. The van der Waals surface area contributed by atoms with E-state index in [-0.39, 0.29) is 6.04 Å². The normalized spacial score (nSPS) is 23.1. The Hall–Kier alpha value is -0.570. The summed E-state index contributed by atoms with van der Waals surface area (Å²) in [4.78, 5) is 13.5. The van der Waals surface area contributed by atoms with Crippen LogP contribution in [-0.2, 0) is 4.79 Å². The van der Waals surface area contributed by atoms with Crippen LogP contribution in [0, 0.1) is 5.92 Å². The molecule has 0 amide bonds. The van der Waals surface area contributed by atoms with Crippen molar-refractivity contribution >= 4 is 5.97 Å². The summed E-state index contributed by atoms with van der Waals surface area (Å²) in [5, 5.41) is 9.24. The fraction of sp³-hybridized carbons (Fsp3) is 0.917. The third-order valence-corrected chi connectivity index (χ3v) is 3.43. The molecule has 1 N–H and O–H groups in total. The minimum absolute atomic E-state index is 0.219. The second-order valence-electron chi connectivity index (χ2n) is 5.01. The van der Waals surface area contributed by atoms with E-state index in [9.17, 15) is 9.90 Å². The second kappa shape index (κ2) is 4.52. The van der Waals surface area contributed by atoms with E-state index >= 15 is 0 Å². The van der Waals surface area contributed by atoms with E-state index in [1.54, 1.807) is 0 Å². The fourth-order valence-electron chi connectivity index (χ4n) is 2.24. The Morgan fingerprint density at radius 2 is 2.07 bits per heavy atom. The van der Waals surface area contributed by atoms with Gasteiger partial charge < -0.3 is 5.11 Å². The molecule has 1 unspecified atom stereocenters. The standard InChI is InChI=1S/C12H21NO2/c1-2-3-11(12(14)15)13(10-6-7-10)8-9-4-5-9/h9-11H,2-8H2,1H3,(H,14,15). The van der Waals surface area contributed by atoms with Gasteiger partial charge in [0.05, 0.1) is 0 Å². The summed E-state index contributed by atoms with van der Waals surface area (Å²) in [6.07, 6.45) is 6.80. The number of carbonyl (C=O) groups is 1. The van der Waals surface area contributed by atoms with Crippen molar-refractivity contribution in [3.63, 3.8) is 0 Å². The molecule has 0 aromatic carbocycles. The molecule has 15 heavy (non-hydrogen) atoms. The van der Waals surface area contributed by atoms with Crippen molar-refractivity contribution in [3.8, 4) is 0 Å². The second-order valence-corrected chi connectivity index (χ2v) is 5.01. The lowest BCUT2D eigenvalue weighted by Gasteiger charge is -2.28.